The second-order valence-corrected chi connectivity index (χ2v) is 22.6. The minimum Gasteiger partial charge on any atom is -0.394 e. The van der Waals surface area contributed by atoms with E-state index >= 15 is 8.78 Å². The van der Waals surface area contributed by atoms with Crippen LogP contribution in [0, 0.1) is 35.5 Å². The topological polar surface area (TPSA) is 238 Å². The van der Waals surface area contributed by atoms with Gasteiger partial charge in [-0.25, -0.2) is 13.6 Å². The quantitative estimate of drug-likeness (QED) is 0.0659. The first-order chi connectivity index (χ1) is 35.9. The molecule has 3 saturated carbocycles. The Morgan fingerprint density at radius 2 is 1.70 bits per heavy atom. The number of rotatable bonds is 9. The first-order valence-electron chi connectivity index (χ1n) is 25.5. The molecule has 4 aliphatic carbocycles. The van der Waals surface area contributed by atoms with E-state index in [9.17, 15) is 47.7 Å². The average molecular weight is 1090 g/mol. The van der Waals surface area contributed by atoms with Crippen LogP contribution < -0.4 is 16.1 Å². The lowest BCUT2D eigenvalue weighted by atomic mass is 9.44. The molecule has 4 heterocycles. The minimum atomic E-state index is -4.33. The van der Waals surface area contributed by atoms with Gasteiger partial charge in [-0.2, -0.15) is 13.2 Å². The Balaban J connectivity index is 0.000000155. The molecule has 0 radical (unpaired) electrons. The van der Waals surface area contributed by atoms with Crippen molar-refractivity contribution in [2.45, 2.75) is 118 Å². The molecule has 5 N–H and O–H groups in total. The Hall–Kier alpha value is -5.23. The van der Waals surface area contributed by atoms with Gasteiger partial charge in [0.2, 0.25) is 0 Å². The van der Waals surface area contributed by atoms with Gasteiger partial charge in [0, 0.05) is 82.4 Å². The molecule has 0 bridgehead atoms. The number of fused-ring (bicyclic) bond motifs is 7. The number of likely N-dealkylation sites (N-methyl/N-ethyl adjacent to an activating group) is 1. The van der Waals surface area contributed by atoms with E-state index in [1.54, 1.807) is 38.6 Å². The Kier molecular flexibility index (Phi) is 16.4. The number of hydrogen-bond donors (Lipinski definition) is 5. The maximum Gasteiger partial charge on any atom is 0.416 e. The number of alkyl halides is 5. The van der Waals surface area contributed by atoms with Crippen molar-refractivity contribution in [2.24, 2.45) is 33.7 Å². The maximum atomic E-state index is 16.9. The van der Waals surface area contributed by atoms with Gasteiger partial charge >= 0.3 is 11.9 Å². The molecule has 3 aromatic rings. The number of nitrogens with zero attached hydrogens (tertiary/aromatic N) is 7. The van der Waals surface area contributed by atoms with Crippen LogP contribution in [0.4, 0.5) is 33.3 Å². The van der Waals surface area contributed by atoms with Crippen LogP contribution in [0.2, 0.25) is 0 Å². The number of aryl methyl sites for hydroxylation is 1. The van der Waals surface area contributed by atoms with Crippen molar-refractivity contribution in [1.82, 2.24) is 19.4 Å². The number of allylic oxidation sites excluding steroid dienone is 4. The van der Waals surface area contributed by atoms with Gasteiger partial charge in [-0.05, 0) is 119 Å². The highest BCUT2D eigenvalue weighted by Gasteiger charge is 2.76. The number of carbonyl (C=O) groups excluding carboxylic acids is 2. The fraction of sp³-hybridized carbons (Fsp3) is 0.585. The fourth-order valence-electron chi connectivity index (χ4n) is 13.1. The van der Waals surface area contributed by atoms with Crippen LogP contribution in [0.3, 0.4) is 0 Å². The molecule has 0 spiro atoms. The zero-order valence-corrected chi connectivity index (χ0v) is 43.7. The minimum absolute atomic E-state index is 0.0409. The van der Waals surface area contributed by atoms with Crippen molar-refractivity contribution in [1.29, 1.82) is 0 Å². The first-order valence-corrected chi connectivity index (χ1v) is 26.3. The Labute approximate surface area is 440 Å². The Morgan fingerprint density at radius 3 is 2.37 bits per heavy atom. The molecule has 76 heavy (non-hydrogen) atoms. The Bertz CT molecular complexity index is 2930. The van der Waals surface area contributed by atoms with E-state index in [4.69, 9.17) is 15.4 Å². The van der Waals surface area contributed by atoms with Crippen LogP contribution in [0.25, 0.3) is 10.4 Å². The highest BCUT2D eigenvalue weighted by molar-refractivity contribution is 7.99. The van der Waals surface area contributed by atoms with Crippen molar-refractivity contribution < 1.29 is 56.7 Å². The van der Waals surface area contributed by atoms with Crippen LogP contribution in [0.15, 0.2) is 97.0 Å². The summed E-state index contributed by atoms with van der Waals surface area (Å²) in [6, 6.07) is 11.5. The normalized spacial score (nSPS) is 33.7. The molecular formula is C53H65F5N8O9S. The molecule has 1 aromatic heterocycles. The number of benzene rings is 2. The summed E-state index contributed by atoms with van der Waals surface area (Å²) in [6.45, 7) is 11.1. The molecule has 2 aromatic carbocycles. The molecule has 0 amide bonds. The summed E-state index contributed by atoms with van der Waals surface area (Å²) in [4.78, 5) is 61.0. The molecule has 10 rings (SSSR count). The number of aliphatic hydroxyl groups excluding tert-OH is 3. The number of para-hydroxylation sites is 1. The number of carbonyl (C=O) groups is 2. The number of halogens is 5. The van der Waals surface area contributed by atoms with Gasteiger partial charge in [-0.15, -0.1) is 0 Å². The number of H-pyrrole nitrogens is 1. The zero-order chi connectivity index (χ0) is 55.3. The third kappa shape index (κ3) is 10.1. The first kappa shape index (κ1) is 57.0. The number of Topliss-reactive ketones (excluding diaryl/α,β-unsaturated/α-hetero) is 1. The molecule has 0 unspecified atom stereocenters. The van der Waals surface area contributed by atoms with E-state index in [0.29, 0.717) is 17.8 Å². The SMILES string of the molecule is CN1CCN(CCCN2c3ccccc3Sc3ccc(C(F)(F)F)cc32)CC1.C[C@H]1C[C@H]2[C@@H]3C[C@H](F)C4=CC(=O)C=C[C@]4(C)[C@@]3(F)[C@@H](O)C[C@]2(C)[C@@]1(O)C(=O)CO.Cc1cn([C@H]2C[C@H](N=[N+]=[N-])[C@@H](CO)O2)c(=O)[nH]c1=O. The smallest absolute Gasteiger partial charge is 0.394 e. The monoisotopic (exact) mass is 1080 g/mol. The lowest BCUT2D eigenvalue weighted by Gasteiger charge is -2.63. The molecule has 7 aliphatic rings. The maximum absolute atomic E-state index is 16.9. The number of aliphatic hydroxyl groups is 4. The van der Waals surface area contributed by atoms with Gasteiger partial charge in [0.25, 0.3) is 5.56 Å². The standard InChI is InChI=1S/C22H28F2O5.C21H24F3N3S.C10H13N5O4/c1-11-6-13-14-8-16(23)15-7-12(26)4-5-19(15,2)21(14,24)17(27)9-20(13,3)22(11,29)18(28)10-25;1-25-11-13-26(14-12-25)9-4-10-27-17-5-2-3-6-19(17)28-20-8-7-16(15-18(20)27)21(22,23)24;1-5-3-15(10(18)12-9(5)17)8-2-6(13-14-11)7(4-16)19-8/h4-5,7,11,13-14,16-17,25,27,29H,6,8-10H2,1-3H3;2-3,5-8,15H,4,9-14H2,1H3;3,6-8,16H,2,4H2,1H3,(H,12,17,18)/t11-,13-,14-,16-,17-,19-,20-,21-,22-;;6-,7+,8+/m0.0/s1. The summed E-state index contributed by atoms with van der Waals surface area (Å²) >= 11 is 1.54. The molecule has 412 valence electrons. The largest absolute Gasteiger partial charge is 0.416 e. The number of ether oxygens (including phenoxy) is 1. The predicted molar refractivity (Wildman–Crippen MR) is 272 cm³/mol. The summed E-state index contributed by atoms with van der Waals surface area (Å²) < 4.78 is 78.6. The number of aromatic amines is 1. The fourth-order valence-corrected chi connectivity index (χ4v) is 14.1. The number of ketones is 2. The van der Waals surface area contributed by atoms with Crippen LogP contribution in [0.1, 0.15) is 70.2 Å². The highest BCUT2D eigenvalue weighted by atomic mass is 32.2. The van der Waals surface area contributed by atoms with Gasteiger partial charge in [0.1, 0.15) is 24.6 Å². The lowest BCUT2D eigenvalue weighted by Crippen LogP contribution is -2.70. The van der Waals surface area contributed by atoms with E-state index in [1.807, 2.05) is 24.3 Å². The summed E-state index contributed by atoms with van der Waals surface area (Å²) in [7, 11) is 2.13. The predicted octanol–water partition coefficient (Wildman–Crippen LogP) is 6.59. The number of aromatic nitrogens is 2. The third-order valence-corrected chi connectivity index (χ3v) is 18.4. The molecule has 3 aliphatic heterocycles. The van der Waals surface area contributed by atoms with Crippen LogP contribution in [-0.2, 0) is 20.5 Å². The molecule has 12 atom stereocenters. The van der Waals surface area contributed by atoms with E-state index in [-0.39, 0.29) is 37.9 Å². The highest BCUT2D eigenvalue weighted by Crippen LogP contribution is 2.71. The van der Waals surface area contributed by atoms with Crippen LogP contribution in [0.5, 0.6) is 0 Å². The van der Waals surface area contributed by atoms with Crippen LogP contribution >= 0.6 is 11.8 Å². The summed E-state index contributed by atoms with van der Waals surface area (Å²) in [6.07, 6.45) is -2.66. The van der Waals surface area contributed by atoms with E-state index in [1.165, 1.54) is 42.0 Å². The molecule has 17 nitrogen and oxygen atoms in total. The molecule has 23 heteroatoms. The zero-order valence-electron chi connectivity index (χ0n) is 42.9. The number of anilines is 2. The number of nitrogens with one attached hydrogen (secondary N) is 1. The lowest BCUT2D eigenvalue weighted by molar-refractivity contribution is -0.223. The number of hydrogen-bond acceptors (Lipinski definition) is 14. The van der Waals surface area contributed by atoms with Gasteiger partial charge in [-0.1, -0.05) is 48.9 Å². The number of azide groups is 1. The van der Waals surface area contributed by atoms with Crippen molar-refractivity contribution in [2.75, 3.05) is 64.4 Å². The summed E-state index contributed by atoms with van der Waals surface area (Å²) in [5.74, 6) is -3.24. The van der Waals surface area contributed by atoms with Gasteiger partial charge in [0.15, 0.2) is 17.2 Å². The molecule has 2 saturated heterocycles. The molecule has 5 fully saturated rings. The van der Waals surface area contributed by atoms with Gasteiger partial charge in [0.05, 0.1) is 41.8 Å². The second kappa shape index (κ2) is 21.9. The van der Waals surface area contributed by atoms with Crippen molar-refractivity contribution >= 4 is 34.7 Å². The number of piperazine rings is 1. The van der Waals surface area contributed by atoms with Crippen molar-refractivity contribution in [3.8, 4) is 0 Å². The van der Waals surface area contributed by atoms with Crippen molar-refractivity contribution in [3.63, 3.8) is 0 Å². The van der Waals surface area contributed by atoms with Crippen molar-refractivity contribution in [3.05, 3.63) is 115 Å². The second-order valence-electron chi connectivity index (χ2n) is 21.5. The van der Waals surface area contributed by atoms with E-state index in [0.717, 1.165) is 60.7 Å². The molecular weight excluding hydrogens is 1020 g/mol. The third-order valence-electron chi connectivity index (χ3n) is 17.2. The van der Waals surface area contributed by atoms with Crippen LogP contribution in [-0.4, -0.2) is 147 Å². The summed E-state index contributed by atoms with van der Waals surface area (Å²) in [5.41, 5.74) is 2.02. The average Bonchev–Trinajstić information content (AvgIpc) is 3.88. The van der Waals surface area contributed by atoms with Gasteiger partial charge < -0.3 is 39.9 Å². The Morgan fingerprint density at radius 1 is 1.00 bits per heavy atom. The summed E-state index contributed by atoms with van der Waals surface area (Å²) in [5, 5.41) is 44.6. The van der Waals surface area contributed by atoms with Gasteiger partial charge in [-0.3, -0.25) is 23.9 Å². The van der Waals surface area contributed by atoms with E-state index in [2.05, 4.69) is 36.8 Å². The van der Waals surface area contributed by atoms with E-state index < -0.39 is 112 Å².